The van der Waals surface area contributed by atoms with Gasteiger partial charge in [0.15, 0.2) is 5.78 Å². The molecule has 0 aliphatic carbocycles. The molecule has 2 amide bonds. The number of rotatable bonds is 6. The van der Waals surface area contributed by atoms with Crippen molar-refractivity contribution in [3.8, 4) is 5.75 Å². The fourth-order valence-electron chi connectivity index (χ4n) is 2.35. The van der Waals surface area contributed by atoms with Crippen molar-refractivity contribution >= 4 is 17.5 Å². The molecular formula is C21H26N2O3. The zero-order valence-corrected chi connectivity index (χ0v) is 15.8. The second kappa shape index (κ2) is 8.52. The van der Waals surface area contributed by atoms with Gasteiger partial charge in [0.1, 0.15) is 12.4 Å². The van der Waals surface area contributed by atoms with Crippen molar-refractivity contribution in [2.45, 2.75) is 33.1 Å². The van der Waals surface area contributed by atoms with Crippen molar-refractivity contribution in [2.75, 3.05) is 18.5 Å². The fraction of sp³-hybridized carbons (Fsp3) is 0.333. The van der Waals surface area contributed by atoms with Gasteiger partial charge in [-0.15, -0.1) is 0 Å². The summed E-state index contributed by atoms with van der Waals surface area (Å²) in [5, 5.41) is 5.45. The number of benzene rings is 2. The molecule has 0 fully saturated rings. The Balaban J connectivity index is 1.72. The van der Waals surface area contributed by atoms with E-state index in [1.165, 1.54) is 12.5 Å². The largest absolute Gasteiger partial charge is 0.492 e. The SMILES string of the molecule is CC(=O)c1ccc(NC(=O)NCCOc2ccc(C(C)(C)C)cc2)cc1. The zero-order valence-electron chi connectivity index (χ0n) is 15.8. The van der Waals surface area contributed by atoms with Crippen molar-refractivity contribution in [2.24, 2.45) is 0 Å². The van der Waals surface area contributed by atoms with Crippen LogP contribution in [-0.4, -0.2) is 25.0 Å². The van der Waals surface area contributed by atoms with E-state index in [1.807, 2.05) is 12.1 Å². The van der Waals surface area contributed by atoms with Crippen molar-refractivity contribution in [1.29, 1.82) is 0 Å². The fourth-order valence-corrected chi connectivity index (χ4v) is 2.35. The Morgan fingerprint density at radius 2 is 1.58 bits per heavy atom. The molecular weight excluding hydrogens is 328 g/mol. The highest BCUT2D eigenvalue weighted by atomic mass is 16.5. The number of nitrogens with one attached hydrogen (secondary N) is 2. The molecule has 0 saturated heterocycles. The summed E-state index contributed by atoms with van der Waals surface area (Å²) in [6.45, 7) is 8.77. The topological polar surface area (TPSA) is 67.4 Å². The first-order valence-electron chi connectivity index (χ1n) is 8.65. The summed E-state index contributed by atoms with van der Waals surface area (Å²) in [4.78, 5) is 23.1. The van der Waals surface area contributed by atoms with Crippen molar-refractivity contribution in [1.82, 2.24) is 5.32 Å². The van der Waals surface area contributed by atoms with Crippen molar-refractivity contribution < 1.29 is 14.3 Å². The van der Waals surface area contributed by atoms with E-state index in [2.05, 4.69) is 43.5 Å². The van der Waals surface area contributed by atoms with E-state index in [0.717, 1.165) is 5.75 Å². The number of anilines is 1. The molecule has 0 radical (unpaired) electrons. The minimum Gasteiger partial charge on any atom is -0.492 e. The normalized spacial score (nSPS) is 10.9. The van der Waals surface area contributed by atoms with Gasteiger partial charge in [0.05, 0.1) is 6.54 Å². The predicted octanol–water partition coefficient (Wildman–Crippen LogP) is 4.39. The molecule has 0 bridgehead atoms. The molecule has 138 valence electrons. The first-order chi connectivity index (χ1) is 12.3. The molecule has 2 aromatic carbocycles. The van der Waals surface area contributed by atoms with Crippen molar-refractivity contribution in [3.63, 3.8) is 0 Å². The Morgan fingerprint density at radius 1 is 0.962 bits per heavy atom. The molecule has 2 aromatic rings. The van der Waals surface area contributed by atoms with Gasteiger partial charge in [-0.25, -0.2) is 4.79 Å². The van der Waals surface area contributed by atoms with E-state index in [-0.39, 0.29) is 17.2 Å². The van der Waals surface area contributed by atoms with Gasteiger partial charge in [-0.1, -0.05) is 32.9 Å². The highest BCUT2D eigenvalue weighted by molar-refractivity contribution is 5.95. The average molecular weight is 354 g/mol. The van der Waals surface area contributed by atoms with Crippen LogP contribution >= 0.6 is 0 Å². The van der Waals surface area contributed by atoms with Gasteiger partial charge in [-0.2, -0.15) is 0 Å². The number of ether oxygens (including phenoxy) is 1. The Bertz CT molecular complexity index is 744. The lowest BCUT2D eigenvalue weighted by molar-refractivity contribution is 0.101. The molecule has 2 N–H and O–H groups in total. The number of carbonyl (C=O) groups is 2. The van der Waals surface area contributed by atoms with Gasteiger partial charge in [-0.3, -0.25) is 4.79 Å². The molecule has 2 rings (SSSR count). The summed E-state index contributed by atoms with van der Waals surface area (Å²) in [7, 11) is 0. The van der Waals surface area contributed by atoms with E-state index >= 15 is 0 Å². The maximum Gasteiger partial charge on any atom is 0.319 e. The number of carbonyl (C=O) groups excluding carboxylic acids is 2. The molecule has 0 spiro atoms. The van der Waals surface area contributed by atoms with Gasteiger partial charge < -0.3 is 15.4 Å². The van der Waals surface area contributed by atoms with E-state index < -0.39 is 0 Å². The number of ketones is 1. The minimum atomic E-state index is -0.313. The smallest absolute Gasteiger partial charge is 0.319 e. The quantitative estimate of drug-likeness (QED) is 0.597. The van der Waals surface area contributed by atoms with Crippen LogP contribution in [0.4, 0.5) is 10.5 Å². The summed E-state index contributed by atoms with van der Waals surface area (Å²) in [5.74, 6) is 0.772. The van der Waals surface area contributed by atoms with Gasteiger partial charge in [0.25, 0.3) is 0 Å². The Labute approximate surface area is 154 Å². The molecule has 0 aliphatic rings. The van der Waals surface area contributed by atoms with Crippen LogP contribution in [0.1, 0.15) is 43.6 Å². The maximum absolute atomic E-state index is 11.9. The molecule has 5 heteroatoms. The van der Waals surface area contributed by atoms with Gasteiger partial charge in [-0.05, 0) is 54.3 Å². The summed E-state index contributed by atoms with van der Waals surface area (Å²) < 4.78 is 5.64. The predicted molar refractivity (Wildman–Crippen MR) is 104 cm³/mol. The van der Waals surface area contributed by atoms with Crippen LogP contribution in [0.15, 0.2) is 48.5 Å². The monoisotopic (exact) mass is 354 g/mol. The number of amides is 2. The zero-order chi connectivity index (χ0) is 19.2. The van der Waals surface area contributed by atoms with E-state index in [0.29, 0.717) is 24.4 Å². The van der Waals surface area contributed by atoms with E-state index in [1.54, 1.807) is 24.3 Å². The number of hydrogen-bond acceptors (Lipinski definition) is 3. The van der Waals surface area contributed by atoms with Crippen LogP contribution in [0.2, 0.25) is 0 Å². The second-order valence-electron chi connectivity index (χ2n) is 7.14. The minimum absolute atomic E-state index is 0.00585. The first-order valence-corrected chi connectivity index (χ1v) is 8.65. The molecule has 0 heterocycles. The molecule has 26 heavy (non-hydrogen) atoms. The molecule has 0 aliphatic heterocycles. The summed E-state index contributed by atoms with van der Waals surface area (Å²) in [6, 6.07) is 14.4. The maximum atomic E-state index is 11.9. The summed E-state index contributed by atoms with van der Waals surface area (Å²) in [6.07, 6.45) is 0. The first kappa shape index (κ1) is 19.5. The third-order valence-electron chi connectivity index (χ3n) is 3.93. The average Bonchev–Trinajstić information content (AvgIpc) is 2.59. The highest BCUT2D eigenvalue weighted by Gasteiger charge is 2.12. The molecule has 5 nitrogen and oxygen atoms in total. The second-order valence-corrected chi connectivity index (χ2v) is 7.14. The van der Waals surface area contributed by atoms with Crippen LogP contribution in [0.5, 0.6) is 5.75 Å². The lowest BCUT2D eigenvalue weighted by atomic mass is 9.87. The van der Waals surface area contributed by atoms with E-state index in [4.69, 9.17) is 4.74 Å². The van der Waals surface area contributed by atoms with Crippen LogP contribution in [0.3, 0.4) is 0 Å². The molecule has 0 saturated carbocycles. The molecule has 0 atom stereocenters. The highest BCUT2D eigenvalue weighted by Crippen LogP contribution is 2.24. The van der Waals surface area contributed by atoms with Crippen LogP contribution in [0, 0.1) is 0 Å². The lowest BCUT2D eigenvalue weighted by Gasteiger charge is -2.19. The molecule has 0 aromatic heterocycles. The van der Waals surface area contributed by atoms with E-state index in [9.17, 15) is 9.59 Å². The third-order valence-corrected chi connectivity index (χ3v) is 3.93. The van der Waals surface area contributed by atoms with Gasteiger partial charge in [0.2, 0.25) is 0 Å². The number of Topliss-reactive ketones (excluding diaryl/α,β-unsaturated/α-hetero) is 1. The third kappa shape index (κ3) is 5.92. The van der Waals surface area contributed by atoms with Crippen LogP contribution < -0.4 is 15.4 Å². The Morgan fingerprint density at radius 3 is 2.12 bits per heavy atom. The number of hydrogen-bond donors (Lipinski definition) is 2. The molecule has 0 unspecified atom stereocenters. The Kier molecular flexibility index (Phi) is 6.39. The van der Waals surface area contributed by atoms with Gasteiger partial charge in [0, 0.05) is 11.3 Å². The van der Waals surface area contributed by atoms with Gasteiger partial charge >= 0.3 is 6.03 Å². The lowest BCUT2D eigenvalue weighted by Crippen LogP contribution is -2.32. The standard InChI is InChI=1S/C21H26N2O3/c1-15(24)16-5-9-18(10-6-16)23-20(25)22-13-14-26-19-11-7-17(8-12-19)21(2,3)4/h5-12H,13-14H2,1-4H3,(H2,22,23,25). The van der Waals surface area contributed by atoms with Crippen molar-refractivity contribution in [3.05, 3.63) is 59.7 Å². The summed E-state index contributed by atoms with van der Waals surface area (Å²) >= 11 is 0. The number of urea groups is 1. The van der Waals surface area contributed by atoms with Crippen LogP contribution in [-0.2, 0) is 5.41 Å². The van der Waals surface area contributed by atoms with Crippen LogP contribution in [0.25, 0.3) is 0 Å². The summed E-state index contributed by atoms with van der Waals surface area (Å²) in [5.41, 5.74) is 2.60. The Hall–Kier alpha value is -2.82.